The van der Waals surface area contributed by atoms with Crippen molar-refractivity contribution in [3.05, 3.63) is 170 Å². The Morgan fingerprint density at radius 1 is 0.431 bits per heavy atom. The average Bonchev–Trinajstić information content (AvgIpc) is 3.86. The third-order valence-corrected chi connectivity index (χ3v) is 11.4. The molecule has 0 N–H and O–H groups in total. The van der Waals surface area contributed by atoms with E-state index in [0.717, 1.165) is 39.5 Å². The minimum atomic E-state index is 0.740. The lowest BCUT2D eigenvalue weighted by atomic mass is 10.1. The lowest BCUT2D eigenvalue weighted by Crippen LogP contribution is -1.97. The van der Waals surface area contributed by atoms with Gasteiger partial charge >= 0.3 is 0 Å². The highest BCUT2D eigenvalue weighted by Gasteiger charge is 2.17. The molecule has 0 atom stereocenters. The van der Waals surface area contributed by atoms with Crippen molar-refractivity contribution in [1.82, 2.24) is 19.1 Å². The first kappa shape index (κ1) is 28.3. The molecule has 238 valence electrons. The van der Waals surface area contributed by atoms with Gasteiger partial charge in [0, 0.05) is 70.4 Å². The molecule has 4 heterocycles. The number of aromatic nitrogens is 4. The van der Waals surface area contributed by atoms with E-state index in [0.29, 0.717) is 0 Å². The molecular weight excluding hydrogens is 641 g/mol. The standard InChI is InChI=1S/C46H28N4S/c1-5-19-40-32(13-1)33-14-2-6-20-41(33)50(40)31-23-24-43-38(28-31)34-15-3-7-21-42(34)49(43)30-12-9-11-29(27-30)39-25-26-47-46(48-39)37-18-10-17-36-35-16-4-8-22-44(35)51-45(36)37/h1-28H. The summed E-state index contributed by atoms with van der Waals surface area (Å²) in [5, 5.41) is 7.49. The minimum absolute atomic E-state index is 0.740. The second-order valence-electron chi connectivity index (χ2n) is 13.0. The summed E-state index contributed by atoms with van der Waals surface area (Å²) in [6, 6.07) is 58.7. The SMILES string of the molecule is c1cc(-c2ccnc(-c3cccc4c3sc3ccccc34)n2)cc(-n2c3ccccc3c3cc(-n4c5ccccc5c5ccccc54)ccc32)c1. The molecule has 0 unspecified atom stereocenters. The quantitative estimate of drug-likeness (QED) is 0.187. The summed E-state index contributed by atoms with van der Waals surface area (Å²) in [5.74, 6) is 0.740. The molecule has 11 rings (SSSR count). The Labute approximate surface area is 297 Å². The Morgan fingerprint density at radius 2 is 1.02 bits per heavy atom. The molecule has 0 aliphatic carbocycles. The first-order valence-electron chi connectivity index (χ1n) is 17.2. The van der Waals surface area contributed by atoms with Crippen LogP contribution in [0.25, 0.3) is 97.8 Å². The summed E-state index contributed by atoms with van der Waals surface area (Å²) in [5.41, 5.74) is 10.0. The maximum atomic E-state index is 5.15. The molecule has 0 saturated heterocycles. The van der Waals surface area contributed by atoms with Gasteiger partial charge in [-0.15, -0.1) is 11.3 Å². The molecule has 0 spiro atoms. The van der Waals surface area contributed by atoms with Crippen LogP contribution in [-0.2, 0) is 0 Å². The van der Waals surface area contributed by atoms with Gasteiger partial charge in [0.25, 0.3) is 0 Å². The van der Waals surface area contributed by atoms with Crippen molar-refractivity contribution in [2.75, 3.05) is 0 Å². The molecule has 0 aliphatic rings. The van der Waals surface area contributed by atoms with Gasteiger partial charge < -0.3 is 9.13 Å². The maximum absolute atomic E-state index is 5.15. The summed E-state index contributed by atoms with van der Waals surface area (Å²) < 4.78 is 7.26. The summed E-state index contributed by atoms with van der Waals surface area (Å²) >= 11 is 1.80. The van der Waals surface area contributed by atoms with Gasteiger partial charge in [0.2, 0.25) is 0 Å². The van der Waals surface area contributed by atoms with E-state index in [1.54, 1.807) is 11.3 Å². The van der Waals surface area contributed by atoms with Crippen LogP contribution in [0.15, 0.2) is 170 Å². The van der Waals surface area contributed by atoms with Crippen LogP contribution in [0.5, 0.6) is 0 Å². The third-order valence-electron chi connectivity index (χ3n) is 10.2. The fourth-order valence-corrected chi connectivity index (χ4v) is 9.17. The molecule has 4 nitrogen and oxygen atoms in total. The Balaban J connectivity index is 1.06. The van der Waals surface area contributed by atoms with E-state index in [9.17, 15) is 0 Å². The van der Waals surface area contributed by atoms with Crippen molar-refractivity contribution >= 4 is 75.1 Å². The molecule has 0 saturated carbocycles. The van der Waals surface area contributed by atoms with E-state index in [1.807, 2.05) is 12.3 Å². The van der Waals surface area contributed by atoms with Crippen molar-refractivity contribution in [3.8, 4) is 34.0 Å². The zero-order chi connectivity index (χ0) is 33.5. The van der Waals surface area contributed by atoms with Gasteiger partial charge in [-0.25, -0.2) is 9.97 Å². The molecule has 0 fully saturated rings. The van der Waals surface area contributed by atoms with Crippen molar-refractivity contribution in [1.29, 1.82) is 0 Å². The van der Waals surface area contributed by atoms with Gasteiger partial charge in [-0.05, 0) is 66.7 Å². The summed E-state index contributed by atoms with van der Waals surface area (Å²) in [7, 11) is 0. The van der Waals surface area contributed by atoms with Gasteiger partial charge in [0.05, 0.1) is 27.8 Å². The van der Waals surface area contributed by atoms with Crippen molar-refractivity contribution in [2.24, 2.45) is 0 Å². The molecular formula is C46H28N4S. The summed E-state index contributed by atoms with van der Waals surface area (Å²) in [6.45, 7) is 0. The zero-order valence-electron chi connectivity index (χ0n) is 27.4. The number of fused-ring (bicyclic) bond motifs is 9. The van der Waals surface area contributed by atoms with Gasteiger partial charge in [-0.2, -0.15) is 0 Å². The number of benzene rings is 7. The van der Waals surface area contributed by atoms with Crippen LogP contribution in [0.3, 0.4) is 0 Å². The van der Waals surface area contributed by atoms with Crippen molar-refractivity contribution in [2.45, 2.75) is 0 Å². The van der Waals surface area contributed by atoms with E-state index in [2.05, 4.69) is 167 Å². The van der Waals surface area contributed by atoms with Gasteiger partial charge in [-0.3, -0.25) is 0 Å². The zero-order valence-corrected chi connectivity index (χ0v) is 28.2. The monoisotopic (exact) mass is 668 g/mol. The second-order valence-corrected chi connectivity index (χ2v) is 14.1. The molecule has 0 amide bonds. The van der Waals surface area contributed by atoms with E-state index < -0.39 is 0 Å². The van der Waals surface area contributed by atoms with E-state index >= 15 is 0 Å². The first-order valence-corrected chi connectivity index (χ1v) is 18.0. The van der Waals surface area contributed by atoms with Gasteiger partial charge in [0.1, 0.15) is 0 Å². The first-order chi connectivity index (χ1) is 25.3. The normalized spacial score (nSPS) is 11.9. The smallest absolute Gasteiger partial charge is 0.161 e. The Morgan fingerprint density at radius 3 is 1.76 bits per heavy atom. The van der Waals surface area contributed by atoms with Crippen LogP contribution >= 0.6 is 11.3 Å². The third kappa shape index (κ3) is 4.25. The van der Waals surface area contributed by atoms with Crippen LogP contribution in [0.2, 0.25) is 0 Å². The molecule has 0 aliphatic heterocycles. The summed E-state index contributed by atoms with van der Waals surface area (Å²) in [6.07, 6.45) is 1.88. The fraction of sp³-hybridized carbons (Fsp3) is 0. The molecule has 4 aromatic heterocycles. The molecule has 7 aromatic carbocycles. The molecule has 0 radical (unpaired) electrons. The second kappa shape index (κ2) is 11.0. The van der Waals surface area contributed by atoms with E-state index in [1.165, 1.54) is 58.3 Å². The largest absolute Gasteiger partial charge is 0.309 e. The van der Waals surface area contributed by atoms with Crippen LogP contribution in [0.1, 0.15) is 0 Å². The molecule has 51 heavy (non-hydrogen) atoms. The highest BCUT2D eigenvalue weighted by molar-refractivity contribution is 7.26. The number of hydrogen-bond acceptors (Lipinski definition) is 3. The summed E-state index contributed by atoms with van der Waals surface area (Å²) in [4.78, 5) is 9.92. The van der Waals surface area contributed by atoms with Crippen LogP contribution in [0, 0.1) is 0 Å². The Bertz CT molecular complexity index is 3110. The molecule has 11 aromatic rings. The average molecular weight is 669 g/mol. The van der Waals surface area contributed by atoms with Crippen molar-refractivity contribution in [3.63, 3.8) is 0 Å². The number of nitrogens with zero attached hydrogens (tertiary/aromatic N) is 4. The lowest BCUT2D eigenvalue weighted by molar-refractivity contribution is 1.16. The van der Waals surface area contributed by atoms with Crippen LogP contribution in [0.4, 0.5) is 0 Å². The highest BCUT2D eigenvalue weighted by Crippen LogP contribution is 2.40. The Kier molecular flexibility index (Phi) is 6.09. The number of thiophene rings is 1. The predicted molar refractivity (Wildman–Crippen MR) is 214 cm³/mol. The number of para-hydroxylation sites is 3. The number of rotatable bonds is 4. The lowest BCUT2D eigenvalue weighted by Gasteiger charge is -2.12. The van der Waals surface area contributed by atoms with Crippen LogP contribution in [-0.4, -0.2) is 19.1 Å². The van der Waals surface area contributed by atoms with Crippen LogP contribution < -0.4 is 0 Å². The topological polar surface area (TPSA) is 35.6 Å². The number of hydrogen-bond donors (Lipinski definition) is 0. The van der Waals surface area contributed by atoms with E-state index in [4.69, 9.17) is 9.97 Å². The van der Waals surface area contributed by atoms with Crippen molar-refractivity contribution < 1.29 is 0 Å². The highest BCUT2D eigenvalue weighted by atomic mass is 32.1. The molecule has 5 heteroatoms. The minimum Gasteiger partial charge on any atom is -0.309 e. The molecule has 0 bridgehead atoms. The fourth-order valence-electron chi connectivity index (χ4n) is 7.96. The predicted octanol–water partition coefficient (Wildman–Crippen LogP) is 12.4. The maximum Gasteiger partial charge on any atom is 0.161 e. The van der Waals surface area contributed by atoms with Gasteiger partial charge in [-0.1, -0.05) is 97.1 Å². The van der Waals surface area contributed by atoms with Gasteiger partial charge in [0.15, 0.2) is 5.82 Å². The van der Waals surface area contributed by atoms with E-state index in [-0.39, 0.29) is 0 Å². The Hall–Kier alpha value is -6.56.